The van der Waals surface area contributed by atoms with Gasteiger partial charge in [0.25, 0.3) is 0 Å². The van der Waals surface area contributed by atoms with Crippen LogP contribution < -0.4 is 5.73 Å². The summed E-state index contributed by atoms with van der Waals surface area (Å²) in [5.74, 6) is 1.65. The zero-order valence-electron chi connectivity index (χ0n) is 13.7. The first-order chi connectivity index (χ1) is 9.62. The molecule has 0 atom stereocenters. The van der Waals surface area contributed by atoms with Gasteiger partial charge in [-0.05, 0) is 51.5 Å². The molecular formula is C17H24FN3. The second kappa shape index (κ2) is 5.17. The molecule has 0 aliphatic carbocycles. The fourth-order valence-electron chi connectivity index (χ4n) is 2.55. The zero-order chi connectivity index (χ0) is 15.9. The van der Waals surface area contributed by atoms with Gasteiger partial charge >= 0.3 is 0 Å². The molecule has 0 fully saturated rings. The lowest BCUT2D eigenvalue weighted by Crippen LogP contribution is -2.26. The molecule has 0 saturated carbocycles. The van der Waals surface area contributed by atoms with Crippen LogP contribution in [0.2, 0.25) is 0 Å². The zero-order valence-corrected chi connectivity index (χ0v) is 13.7. The minimum Gasteiger partial charge on any atom is -0.383 e. The van der Waals surface area contributed by atoms with Crippen molar-refractivity contribution >= 4 is 5.82 Å². The van der Waals surface area contributed by atoms with Gasteiger partial charge in [-0.1, -0.05) is 13.8 Å². The molecular weight excluding hydrogens is 265 g/mol. The summed E-state index contributed by atoms with van der Waals surface area (Å²) in [6.45, 7) is 12.3. The van der Waals surface area contributed by atoms with Crippen LogP contribution in [0, 0.1) is 12.7 Å². The number of hydrogen-bond donors (Lipinski definition) is 1. The van der Waals surface area contributed by atoms with E-state index < -0.39 is 0 Å². The topological polar surface area (TPSA) is 43.8 Å². The highest BCUT2D eigenvalue weighted by molar-refractivity contribution is 5.72. The number of aryl methyl sites for hydroxylation is 1. The number of halogens is 1. The summed E-state index contributed by atoms with van der Waals surface area (Å²) >= 11 is 0. The Hall–Kier alpha value is -1.84. The van der Waals surface area contributed by atoms with Gasteiger partial charge in [0.1, 0.15) is 23.2 Å². The van der Waals surface area contributed by atoms with Crippen LogP contribution in [0.15, 0.2) is 18.2 Å². The number of anilines is 1. The second-order valence-corrected chi connectivity index (χ2v) is 6.83. The van der Waals surface area contributed by atoms with Crippen LogP contribution in [0.3, 0.4) is 0 Å². The van der Waals surface area contributed by atoms with Crippen LogP contribution in [0.4, 0.5) is 10.2 Å². The lowest BCUT2D eigenvalue weighted by Gasteiger charge is -2.26. The Morgan fingerprint density at radius 3 is 2.29 bits per heavy atom. The lowest BCUT2D eigenvalue weighted by atomic mass is 10.1. The van der Waals surface area contributed by atoms with Gasteiger partial charge in [-0.2, -0.15) is 0 Å². The third-order valence-corrected chi connectivity index (χ3v) is 3.56. The van der Waals surface area contributed by atoms with Crippen molar-refractivity contribution in [3.8, 4) is 11.3 Å². The second-order valence-electron chi connectivity index (χ2n) is 6.83. The first-order valence-corrected chi connectivity index (χ1v) is 7.28. The minimum atomic E-state index is -0.211. The molecule has 2 aromatic rings. The molecule has 0 bridgehead atoms. The van der Waals surface area contributed by atoms with Crippen molar-refractivity contribution in [3.63, 3.8) is 0 Å². The largest absolute Gasteiger partial charge is 0.383 e. The Labute approximate surface area is 126 Å². The molecule has 3 nitrogen and oxygen atoms in total. The highest BCUT2D eigenvalue weighted by Gasteiger charge is 2.26. The predicted molar refractivity (Wildman–Crippen MR) is 85.9 cm³/mol. The van der Waals surface area contributed by atoms with Crippen molar-refractivity contribution in [3.05, 3.63) is 35.4 Å². The Kier molecular flexibility index (Phi) is 3.83. The van der Waals surface area contributed by atoms with Gasteiger partial charge in [-0.3, -0.25) is 0 Å². The molecule has 0 radical (unpaired) electrons. The van der Waals surface area contributed by atoms with Gasteiger partial charge in [-0.15, -0.1) is 0 Å². The molecule has 0 unspecified atom stereocenters. The monoisotopic (exact) mass is 289 g/mol. The number of benzene rings is 1. The number of nitrogens with two attached hydrogens (primary N) is 1. The third-order valence-electron chi connectivity index (χ3n) is 3.56. The van der Waals surface area contributed by atoms with Crippen LogP contribution in [0.5, 0.6) is 0 Å². The first kappa shape index (κ1) is 15.5. The molecule has 0 amide bonds. The molecule has 0 aliphatic rings. The van der Waals surface area contributed by atoms with E-state index >= 15 is 0 Å². The molecule has 4 heteroatoms. The lowest BCUT2D eigenvalue weighted by molar-refractivity contribution is 0.382. The quantitative estimate of drug-likeness (QED) is 0.887. The standard InChI is InChI=1S/C17H24FN3/c1-10(2)16-20-14(15(19)21(16)17(4,5)6)12-7-8-13(18)11(3)9-12/h7-10H,19H2,1-6H3. The normalized spacial score (nSPS) is 12.2. The van der Waals surface area contributed by atoms with E-state index in [2.05, 4.69) is 39.2 Å². The van der Waals surface area contributed by atoms with Crippen LogP contribution in [0.1, 0.15) is 51.9 Å². The van der Waals surface area contributed by atoms with E-state index in [0.29, 0.717) is 11.4 Å². The third kappa shape index (κ3) is 2.80. The van der Waals surface area contributed by atoms with Crippen LogP contribution in [-0.4, -0.2) is 9.55 Å². The maximum absolute atomic E-state index is 13.5. The number of imidazole rings is 1. The van der Waals surface area contributed by atoms with Crippen molar-refractivity contribution in [1.29, 1.82) is 0 Å². The minimum absolute atomic E-state index is 0.149. The smallest absolute Gasteiger partial charge is 0.132 e. The van der Waals surface area contributed by atoms with Crippen LogP contribution in [0.25, 0.3) is 11.3 Å². The van der Waals surface area contributed by atoms with Crippen molar-refractivity contribution in [2.45, 2.75) is 53.0 Å². The summed E-state index contributed by atoms with van der Waals surface area (Å²) in [4.78, 5) is 4.73. The molecule has 1 aromatic carbocycles. The summed E-state index contributed by atoms with van der Waals surface area (Å²) < 4.78 is 15.5. The Bertz CT molecular complexity index is 663. The summed E-state index contributed by atoms with van der Waals surface area (Å²) in [5, 5.41) is 0. The molecule has 1 heterocycles. The van der Waals surface area contributed by atoms with E-state index in [9.17, 15) is 4.39 Å². The highest BCUT2D eigenvalue weighted by Crippen LogP contribution is 2.34. The van der Waals surface area contributed by atoms with Crippen LogP contribution in [-0.2, 0) is 5.54 Å². The summed E-state index contributed by atoms with van der Waals surface area (Å²) in [6.07, 6.45) is 0. The molecule has 0 aliphatic heterocycles. The Morgan fingerprint density at radius 2 is 1.86 bits per heavy atom. The molecule has 1 aromatic heterocycles. The molecule has 0 saturated heterocycles. The predicted octanol–water partition coefficient (Wildman–Crippen LogP) is 4.46. The van der Waals surface area contributed by atoms with E-state index in [1.54, 1.807) is 19.1 Å². The highest BCUT2D eigenvalue weighted by atomic mass is 19.1. The maximum atomic E-state index is 13.5. The first-order valence-electron chi connectivity index (χ1n) is 7.28. The van der Waals surface area contributed by atoms with Gasteiger partial charge in [0.05, 0.1) is 0 Å². The molecule has 2 N–H and O–H groups in total. The van der Waals surface area contributed by atoms with Gasteiger partial charge in [0, 0.05) is 17.0 Å². The summed E-state index contributed by atoms with van der Waals surface area (Å²) in [6, 6.07) is 5.00. The maximum Gasteiger partial charge on any atom is 0.132 e. The van der Waals surface area contributed by atoms with E-state index in [-0.39, 0.29) is 17.3 Å². The fourth-order valence-corrected chi connectivity index (χ4v) is 2.55. The molecule has 21 heavy (non-hydrogen) atoms. The van der Waals surface area contributed by atoms with Gasteiger partial charge in [0.2, 0.25) is 0 Å². The van der Waals surface area contributed by atoms with Crippen molar-refractivity contribution in [2.24, 2.45) is 0 Å². The average molecular weight is 289 g/mol. The van der Waals surface area contributed by atoms with E-state index in [1.807, 2.05) is 0 Å². The van der Waals surface area contributed by atoms with Gasteiger partial charge in [0.15, 0.2) is 0 Å². The molecule has 114 valence electrons. The number of hydrogen-bond acceptors (Lipinski definition) is 2. The van der Waals surface area contributed by atoms with Crippen molar-refractivity contribution in [2.75, 3.05) is 5.73 Å². The summed E-state index contributed by atoms with van der Waals surface area (Å²) in [7, 11) is 0. The van der Waals surface area contributed by atoms with Gasteiger partial charge < -0.3 is 10.3 Å². The Morgan fingerprint density at radius 1 is 1.24 bits per heavy atom. The van der Waals surface area contributed by atoms with E-state index in [1.165, 1.54) is 6.07 Å². The average Bonchev–Trinajstić information content (AvgIpc) is 2.70. The number of nitrogen functional groups attached to an aromatic ring is 1. The number of rotatable bonds is 2. The number of aromatic nitrogens is 2. The SMILES string of the molecule is Cc1cc(-c2nc(C(C)C)n(C(C)(C)C)c2N)ccc1F. The Balaban J connectivity index is 2.68. The molecule has 0 spiro atoms. The van der Waals surface area contributed by atoms with Gasteiger partial charge in [-0.25, -0.2) is 9.37 Å². The van der Waals surface area contributed by atoms with E-state index in [0.717, 1.165) is 17.1 Å². The molecule has 2 rings (SSSR count). The van der Waals surface area contributed by atoms with E-state index in [4.69, 9.17) is 10.7 Å². The van der Waals surface area contributed by atoms with Crippen molar-refractivity contribution in [1.82, 2.24) is 9.55 Å². The number of nitrogens with zero attached hydrogens (tertiary/aromatic N) is 2. The fraction of sp³-hybridized carbons (Fsp3) is 0.471. The van der Waals surface area contributed by atoms with Crippen LogP contribution >= 0.6 is 0 Å². The van der Waals surface area contributed by atoms with Crippen molar-refractivity contribution < 1.29 is 4.39 Å². The summed E-state index contributed by atoms with van der Waals surface area (Å²) in [5.41, 5.74) is 8.40.